The van der Waals surface area contributed by atoms with E-state index >= 15 is 0 Å². The van der Waals surface area contributed by atoms with E-state index in [1.807, 2.05) is 0 Å². The van der Waals surface area contributed by atoms with E-state index in [-0.39, 0.29) is 34.1 Å². The van der Waals surface area contributed by atoms with Crippen molar-refractivity contribution in [1.29, 1.82) is 0 Å². The Hall–Kier alpha value is -6.94. The molecule has 380 valence electrons. The van der Waals surface area contributed by atoms with Crippen molar-refractivity contribution in [1.82, 2.24) is 0 Å². The molecule has 0 spiro atoms. The second-order valence-electron chi connectivity index (χ2n) is 18.4. The number of benzene rings is 6. The van der Waals surface area contributed by atoms with Crippen LogP contribution in [0.4, 0.5) is 0 Å². The first-order chi connectivity index (χ1) is 35.3. The predicted molar refractivity (Wildman–Crippen MR) is 284 cm³/mol. The lowest BCUT2D eigenvalue weighted by Gasteiger charge is -2.10. The summed E-state index contributed by atoms with van der Waals surface area (Å²) >= 11 is 0. The Morgan fingerprint density at radius 3 is 0.833 bits per heavy atom. The van der Waals surface area contributed by atoms with Crippen molar-refractivity contribution in [3.05, 3.63) is 156 Å². The maximum Gasteiger partial charge on any atom is 0.343 e. The zero-order chi connectivity index (χ0) is 50.6. The maximum absolute atomic E-state index is 13.1. The number of unbranched alkanes of at least 4 members (excludes halogenated alkanes) is 18. The third kappa shape index (κ3) is 19.0. The lowest BCUT2D eigenvalue weighted by molar-refractivity contribution is 0.0720. The Balaban J connectivity index is 0.889. The van der Waals surface area contributed by atoms with Crippen LogP contribution in [-0.4, -0.2) is 37.1 Å². The molecule has 0 saturated heterocycles. The van der Waals surface area contributed by atoms with Crippen LogP contribution >= 0.6 is 0 Å². The molecule has 0 amide bonds. The Kier molecular flexibility index (Phi) is 23.2. The molecule has 72 heavy (non-hydrogen) atoms. The lowest BCUT2D eigenvalue weighted by atomic mass is 10.1. The quantitative estimate of drug-likeness (QED) is 0.0229. The Morgan fingerprint density at radius 1 is 0.278 bits per heavy atom. The number of carbonyl (C=O) groups is 4. The third-order valence-electron chi connectivity index (χ3n) is 12.5. The number of hydrogen-bond acceptors (Lipinski definition) is 10. The highest BCUT2D eigenvalue weighted by Gasteiger charge is 2.15. The Morgan fingerprint density at radius 2 is 0.528 bits per heavy atom. The van der Waals surface area contributed by atoms with Crippen molar-refractivity contribution in [2.75, 3.05) is 13.2 Å². The Bertz CT molecular complexity index is 2390. The highest BCUT2D eigenvalue weighted by atomic mass is 16.5. The van der Waals surface area contributed by atoms with Gasteiger partial charge in [-0.1, -0.05) is 142 Å². The molecule has 0 aromatic heterocycles. The summed E-state index contributed by atoms with van der Waals surface area (Å²) in [4.78, 5) is 52.0. The van der Waals surface area contributed by atoms with Crippen molar-refractivity contribution in [2.45, 2.75) is 142 Å². The van der Waals surface area contributed by atoms with Crippen LogP contribution < -0.4 is 28.4 Å². The number of hydrogen-bond donors (Lipinski definition) is 0. The average Bonchev–Trinajstić information content (AvgIpc) is 3.40. The van der Waals surface area contributed by atoms with Gasteiger partial charge in [-0.25, -0.2) is 19.2 Å². The summed E-state index contributed by atoms with van der Waals surface area (Å²) in [5, 5.41) is 1.52. The minimum atomic E-state index is -0.602. The van der Waals surface area contributed by atoms with Crippen LogP contribution in [0.25, 0.3) is 10.8 Å². The van der Waals surface area contributed by atoms with Crippen molar-refractivity contribution in [3.63, 3.8) is 0 Å². The van der Waals surface area contributed by atoms with Crippen molar-refractivity contribution in [2.24, 2.45) is 0 Å². The SMILES string of the molecule is CCCCCCCCCCCCOc1ccc(C(=O)Oc2ccc(C(=O)Oc3ccc4ccc(OC(=O)c5ccc(OC(=O)c6ccc(OCCCCCCCCCCCC)cc6)cc5)cc4c3)cc2)cc1. The molecule has 6 rings (SSSR count). The van der Waals surface area contributed by atoms with Gasteiger partial charge in [0.25, 0.3) is 0 Å². The molecule has 10 nitrogen and oxygen atoms in total. The molecule has 0 N–H and O–H groups in total. The molecule has 10 heteroatoms. The van der Waals surface area contributed by atoms with Crippen LogP contribution in [0.3, 0.4) is 0 Å². The second-order valence-corrected chi connectivity index (χ2v) is 18.4. The highest BCUT2D eigenvalue weighted by Crippen LogP contribution is 2.28. The highest BCUT2D eigenvalue weighted by molar-refractivity contribution is 5.95. The zero-order valence-corrected chi connectivity index (χ0v) is 42.3. The molecule has 0 saturated carbocycles. The van der Waals surface area contributed by atoms with E-state index in [1.54, 1.807) is 84.9 Å². The molecule has 0 aliphatic heterocycles. The first-order valence-electron chi connectivity index (χ1n) is 26.4. The molecule has 0 radical (unpaired) electrons. The number of fused-ring (bicyclic) bond motifs is 1. The standard InChI is InChI=1S/C62H72O10/c1-3-5-7-9-11-13-15-17-19-21-43-67-53-33-25-48(26-34-53)59(63)69-55-37-29-50(30-38-55)61(65)71-57-41-23-47-24-42-58(46-52(47)45-57)72-62(66)51-31-39-56(40-32-51)70-60(64)49-27-35-54(36-28-49)68-44-22-20-18-16-14-12-10-8-6-4-2/h23-42,45-46H,3-22,43-44H2,1-2H3. The largest absolute Gasteiger partial charge is 0.494 e. The van der Waals surface area contributed by atoms with Gasteiger partial charge in [0.2, 0.25) is 0 Å². The van der Waals surface area contributed by atoms with E-state index in [9.17, 15) is 19.2 Å². The normalized spacial score (nSPS) is 11.0. The summed E-state index contributed by atoms with van der Waals surface area (Å²) in [5.74, 6) is 0.297. The fourth-order valence-corrected chi connectivity index (χ4v) is 8.25. The molecular weight excluding hydrogens is 905 g/mol. The minimum absolute atomic E-state index is 0.260. The van der Waals surface area contributed by atoms with Gasteiger partial charge in [-0.2, -0.15) is 0 Å². The zero-order valence-electron chi connectivity index (χ0n) is 42.3. The van der Waals surface area contributed by atoms with Crippen LogP contribution in [0.5, 0.6) is 34.5 Å². The molecule has 0 fully saturated rings. The van der Waals surface area contributed by atoms with Crippen molar-refractivity contribution < 1.29 is 47.6 Å². The summed E-state index contributed by atoms with van der Waals surface area (Å²) in [6, 6.07) is 36.3. The van der Waals surface area contributed by atoms with E-state index < -0.39 is 23.9 Å². The molecule has 0 atom stereocenters. The third-order valence-corrected chi connectivity index (χ3v) is 12.5. The number of carbonyl (C=O) groups excluding carboxylic acids is 4. The summed E-state index contributed by atoms with van der Waals surface area (Å²) in [5.41, 5.74) is 1.28. The molecule has 0 aliphatic rings. The number of ether oxygens (including phenoxy) is 6. The number of rotatable bonds is 32. The number of esters is 4. The second kappa shape index (κ2) is 30.7. The van der Waals surface area contributed by atoms with E-state index in [0.29, 0.717) is 41.2 Å². The predicted octanol–water partition coefficient (Wildman–Crippen LogP) is 16.3. The van der Waals surface area contributed by atoms with Gasteiger partial charge in [-0.05, 0) is 145 Å². The van der Waals surface area contributed by atoms with Gasteiger partial charge in [-0.15, -0.1) is 0 Å². The van der Waals surface area contributed by atoms with Gasteiger partial charge < -0.3 is 28.4 Å². The molecule has 0 aliphatic carbocycles. The maximum atomic E-state index is 13.1. The van der Waals surface area contributed by atoms with E-state index in [4.69, 9.17) is 28.4 Å². The summed E-state index contributed by atoms with van der Waals surface area (Å²) in [6.45, 7) is 5.77. The molecule has 0 unspecified atom stereocenters. The summed E-state index contributed by atoms with van der Waals surface area (Å²) in [6.07, 6.45) is 25.3. The van der Waals surface area contributed by atoms with Crippen LogP contribution in [0.1, 0.15) is 184 Å². The molecular formula is C62H72O10. The monoisotopic (exact) mass is 977 g/mol. The average molecular weight is 977 g/mol. The van der Waals surface area contributed by atoms with Gasteiger partial charge in [0.15, 0.2) is 0 Å². The first kappa shape index (κ1) is 54.4. The first-order valence-corrected chi connectivity index (χ1v) is 26.4. The van der Waals surface area contributed by atoms with Gasteiger partial charge in [0.1, 0.15) is 34.5 Å². The smallest absolute Gasteiger partial charge is 0.343 e. The van der Waals surface area contributed by atoms with Crippen LogP contribution in [-0.2, 0) is 0 Å². The molecule has 6 aromatic rings. The van der Waals surface area contributed by atoms with Gasteiger partial charge >= 0.3 is 23.9 Å². The van der Waals surface area contributed by atoms with E-state index in [0.717, 1.165) is 31.1 Å². The van der Waals surface area contributed by atoms with Crippen LogP contribution in [0.2, 0.25) is 0 Å². The minimum Gasteiger partial charge on any atom is -0.494 e. The van der Waals surface area contributed by atoms with Crippen molar-refractivity contribution in [3.8, 4) is 34.5 Å². The molecule has 0 bridgehead atoms. The fraction of sp³-hybridized carbons (Fsp3) is 0.387. The summed E-state index contributed by atoms with van der Waals surface area (Å²) < 4.78 is 34.2. The molecule has 6 aromatic carbocycles. The lowest BCUT2D eigenvalue weighted by Crippen LogP contribution is -2.10. The fourth-order valence-electron chi connectivity index (χ4n) is 8.25. The van der Waals surface area contributed by atoms with Gasteiger partial charge in [0, 0.05) is 0 Å². The summed E-state index contributed by atoms with van der Waals surface area (Å²) in [7, 11) is 0. The van der Waals surface area contributed by atoms with E-state index in [2.05, 4.69) is 13.8 Å². The van der Waals surface area contributed by atoms with E-state index in [1.165, 1.54) is 151 Å². The van der Waals surface area contributed by atoms with Crippen LogP contribution in [0, 0.1) is 0 Å². The van der Waals surface area contributed by atoms with Crippen molar-refractivity contribution >= 4 is 34.6 Å². The Labute approximate surface area is 426 Å². The van der Waals surface area contributed by atoms with Crippen LogP contribution in [0.15, 0.2) is 133 Å². The van der Waals surface area contributed by atoms with Gasteiger partial charge in [-0.3, -0.25) is 0 Å². The topological polar surface area (TPSA) is 124 Å². The molecule has 0 heterocycles. The van der Waals surface area contributed by atoms with Gasteiger partial charge in [0.05, 0.1) is 35.5 Å².